The fraction of sp³-hybridized carbons (Fsp3) is 0.387. The number of pyridine rings is 1. The Labute approximate surface area is 264 Å². The van der Waals surface area contributed by atoms with Crippen LogP contribution in [0.15, 0.2) is 60.8 Å². The number of morpholine rings is 1. The first-order valence-corrected chi connectivity index (χ1v) is 21.8. The molecule has 1 N–H and O–H groups in total. The van der Waals surface area contributed by atoms with Crippen molar-refractivity contribution in [1.82, 2.24) is 24.8 Å². The van der Waals surface area contributed by atoms with Gasteiger partial charge in [-0.25, -0.2) is 0 Å². The van der Waals surface area contributed by atoms with Gasteiger partial charge < -0.3 is 0 Å². The van der Waals surface area contributed by atoms with Crippen molar-refractivity contribution in [3.05, 3.63) is 77.7 Å². The zero-order valence-corrected chi connectivity index (χ0v) is 27.6. The van der Waals surface area contributed by atoms with Gasteiger partial charge in [-0.3, -0.25) is 0 Å². The summed E-state index contributed by atoms with van der Waals surface area (Å²) in [7, 11) is 0. The molecule has 14 heteroatoms. The summed E-state index contributed by atoms with van der Waals surface area (Å²) in [5, 5.41) is 3.68. The maximum atomic E-state index is 13.8. The number of benzene rings is 2. The van der Waals surface area contributed by atoms with Gasteiger partial charge in [0.15, 0.2) is 0 Å². The van der Waals surface area contributed by atoms with Crippen LogP contribution in [-0.2, 0) is 21.3 Å². The number of nitrogens with one attached hydrogen (secondary N) is 1. The second-order valence-corrected chi connectivity index (χ2v) is 20.2. The molecular formula is C31H31F6InN6O. The molecule has 0 bridgehead atoms. The first-order chi connectivity index (χ1) is 21.5. The maximum absolute atomic E-state index is 13.8. The second-order valence-electron chi connectivity index (χ2n) is 11.4. The average Bonchev–Trinajstić information content (AvgIpc) is 3.47. The van der Waals surface area contributed by atoms with Crippen LogP contribution in [0.25, 0.3) is 22.2 Å². The Morgan fingerprint density at radius 2 is 1.60 bits per heavy atom. The average molecular weight is 732 g/mol. The van der Waals surface area contributed by atoms with Crippen molar-refractivity contribution in [1.29, 1.82) is 0 Å². The van der Waals surface area contributed by atoms with Gasteiger partial charge in [-0.1, -0.05) is 0 Å². The number of hydrogen-bond acceptors (Lipinski definition) is 7. The zero-order chi connectivity index (χ0) is 31.6. The Morgan fingerprint density at radius 1 is 0.844 bits per heavy atom. The Bertz CT molecular complexity index is 1630. The topological polar surface area (TPSA) is 66.4 Å². The molecule has 6 rings (SSSR count). The fourth-order valence-electron chi connectivity index (χ4n) is 5.90. The molecule has 236 valence electrons. The molecule has 2 aliphatic rings. The molecule has 0 saturated carbocycles. The summed E-state index contributed by atoms with van der Waals surface area (Å²) in [5.41, 5.74) is -0.703. The van der Waals surface area contributed by atoms with Crippen molar-refractivity contribution in [2.45, 2.75) is 20.7 Å². The molecule has 0 atom stereocenters. The van der Waals surface area contributed by atoms with E-state index in [0.717, 1.165) is 76.8 Å². The van der Waals surface area contributed by atoms with Crippen molar-refractivity contribution in [2.24, 2.45) is 0 Å². The third kappa shape index (κ3) is 7.90. The standard InChI is InChI=1S/C22H13F6N4.C9H18N2O.In/c1-12-30-18-11-13(19-17(22(26,27)28)3-2-10-29-19)4-9-16(18)20(31-12)32-15-7-5-14(6-8-15)21(23,24)25;1-3-10(2)4-5-11-6-8-12-9-7-11;/h2-11H,1H2,(H,30,31,32);1-9H2;. The van der Waals surface area contributed by atoms with Crippen molar-refractivity contribution in [2.75, 3.05) is 55.6 Å². The molecule has 45 heavy (non-hydrogen) atoms. The third-order valence-electron chi connectivity index (χ3n) is 8.28. The fourth-order valence-corrected chi connectivity index (χ4v) is 14.6. The minimum absolute atomic E-state index is 0.199. The van der Waals surface area contributed by atoms with E-state index in [1.54, 1.807) is 12.1 Å². The van der Waals surface area contributed by atoms with E-state index >= 15 is 0 Å². The molecule has 2 aliphatic heterocycles. The molecule has 4 aromatic rings. The summed E-state index contributed by atoms with van der Waals surface area (Å²) in [6.07, 6.45) is -7.73. The number of rotatable bonds is 8. The molecule has 0 radical (unpaired) electrons. The van der Waals surface area contributed by atoms with Gasteiger partial charge in [0.2, 0.25) is 0 Å². The van der Waals surface area contributed by atoms with E-state index in [4.69, 9.17) is 14.7 Å². The molecule has 4 heterocycles. The van der Waals surface area contributed by atoms with Gasteiger partial charge in [0.05, 0.1) is 0 Å². The van der Waals surface area contributed by atoms with Crippen LogP contribution in [0, 0.1) is 0 Å². The molecule has 2 fully saturated rings. The number of nitrogens with zero attached hydrogens (tertiary/aromatic N) is 5. The summed E-state index contributed by atoms with van der Waals surface area (Å²) in [4.78, 5) is 18.6. The summed E-state index contributed by atoms with van der Waals surface area (Å²) in [6, 6.07) is 11.6. The Morgan fingerprint density at radius 3 is 2.33 bits per heavy atom. The Hall–Kier alpha value is -2.94. The molecule has 2 saturated heterocycles. The summed E-state index contributed by atoms with van der Waals surface area (Å²) in [5.74, 6) is 0.994. The zero-order valence-electron chi connectivity index (χ0n) is 24.3. The molecule has 0 unspecified atom stereocenters. The number of alkyl halides is 6. The van der Waals surface area contributed by atoms with E-state index in [2.05, 4.69) is 20.1 Å². The Balaban J connectivity index is 1.28. The van der Waals surface area contributed by atoms with Crippen LogP contribution in [0.1, 0.15) is 17.0 Å². The van der Waals surface area contributed by atoms with E-state index in [1.807, 2.05) is 0 Å². The van der Waals surface area contributed by atoms with Gasteiger partial charge in [-0.2, -0.15) is 0 Å². The summed E-state index contributed by atoms with van der Waals surface area (Å²) >= 11 is -2.12. The van der Waals surface area contributed by atoms with E-state index in [9.17, 15) is 26.3 Å². The summed E-state index contributed by atoms with van der Waals surface area (Å²) < 4.78 is 89.2. The van der Waals surface area contributed by atoms with Gasteiger partial charge in [-0.05, 0) is 0 Å². The molecule has 7 nitrogen and oxygen atoms in total. The van der Waals surface area contributed by atoms with Crippen molar-refractivity contribution >= 4 is 43.8 Å². The number of anilines is 2. The number of ether oxygens (including phenoxy) is 1. The van der Waals surface area contributed by atoms with Gasteiger partial charge in [0.25, 0.3) is 0 Å². The first kappa shape index (κ1) is 32.0. The van der Waals surface area contributed by atoms with E-state index in [-0.39, 0.29) is 11.3 Å². The predicted octanol–water partition coefficient (Wildman–Crippen LogP) is 6.24. The number of aromatic nitrogens is 3. The van der Waals surface area contributed by atoms with Gasteiger partial charge in [-0.15, -0.1) is 0 Å². The third-order valence-corrected chi connectivity index (χ3v) is 17.0. The van der Waals surface area contributed by atoms with Gasteiger partial charge in [0.1, 0.15) is 0 Å². The van der Waals surface area contributed by atoms with Crippen LogP contribution >= 0.6 is 0 Å². The molecule has 0 aliphatic carbocycles. The van der Waals surface area contributed by atoms with Crippen molar-refractivity contribution in [3.63, 3.8) is 0 Å². The molecular weight excluding hydrogens is 701 g/mol. The van der Waals surface area contributed by atoms with Crippen molar-refractivity contribution in [3.8, 4) is 11.3 Å². The normalized spacial score (nSPS) is 16.9. The van der Waals surface area contributed by atoms with Crippen LogP contribution in [0.4, 0.5) is 37.8 Å². The van der Waals surface area contributed by atoms with Gasteiger partial charge >= 0.3 is 265 Å². The number of halogens is 6. The molecule has 2 aromatic heterocycles. The molecule has 2 aromatic carbocycles. The van der Waals surface area contributed by atoms with Crippen LogP contribution in [0.3, 0.4) is 0 Å². The SMILES string of the molecule is FC(F)(F)c1ccc(Nc2nc([CH2][In]3[CH2]CN(CCN4CCOCC4)[CH2]3)nc3cc(-c4ncccc4C(F)(F)F)ccc23)cc1. The minimum atomic E-state index is -4.59. The number of hydrogen-bond donors (Lipinski definition) is 1. The molecule has 0 spiro atoms. The Kier molecular flexibility index (Phi) is 9.55. The monoisotopic (exact) mass is 732 g/mol. The molecule has 0 amide bonds. The van der Waals surface area contributed by atoms with Gasteiger partial charge in [0, 0.05) is 0 Å². The van der Waals surface area contributed by atoms with Crippen LogP contribution < -0.4 is 5.32 Å². The number of fused-ring (bicyclic) bond motifs is 1. The van der Waals surface area contributed by atoms with E-state index < -0.39 is 44.9 Å². The first-order valence-electron chi connectivity index (χ1n) is 14.8. The van der Waals surface area contributed by atoms with Crippen LogP contribution in [0.5, 0.6) is 0 Å². The van der Waals surface area contributed by atoms with Crippen LogP contribution in [0.2, 0.25) is 4.18 Å². The van der Waals surface area contributed by atoms with E-state index in [1.165, 1.54) is 30.5 Å². The predicted molar refractivity (Wildman–Crippen MR) is 160 cm³/mol. The van der Waals surface area contributed by atoms with Crippen molar-refractivity contribution < 1.29 is 31.1 Å². The quantitative estimate of drug-likeness (QED) is 0.216. The summed E-state index contributed by atoms with van der Waals surface area (Å²) in [6.45, 7) is 6.48. The second kappa shape index (κ2) is 13.4. The van der Waals surface area contributed by atoms with E-state index in [0.29, 0.717) is 28.2 Å². The van der Waals surface area contributed by atoms with Crippen LogP contribution in [-0.4, -0.2) is 96.4 Å².